The summed E-state index contributed by atoms with van der Waals surface area (Å²) in [6.07, 6.45) is 0. The first-order chi connectivity index (χ1) is 8.95. The maximum atomic E-state index is 12.5. The van der Waals surface area contributed by atoms with Crippen molar-refractivity contribution >= 4 is 26.0 Å². The van der Waals surface area contributed by atoms with E-state index in [1.165, 1.54) is 4.31 Å². The van der Waals surface area contributed by atoms with Gasteiger partial charge in [-0.2, -0.15) is 4.31 Å². The second-order valence-corrected chi connectivity index (χ2v) is 7.39. The van der Waals surface area contributed by atoms with Crippen molar-refractivity contribution < 1.29 is 13.5 Å². The van der Waals surface area contributed by atoms with Gasteiger partial charge in [0, 0.05) is 30.7 Å². The Morgan fingerprint density at radius 1 is 1.26 bits per heavy atom. The fourth-order valence-electron chi connectivity index (χ4n) is 2.02. The summed E-state index contributed by atoms with van der Waals surface area (Å²) in [5.74, 6) is 0. The van der Waals surface area contributed by atoms with Crippen molar-refractivity contribution in [1.29, 1.82) is 0 Å². The van der Waals surface area contributed by atoms with Gasteiger partial charge >= 0.3 is 0 Å². The Labute approximate surface area is 122 Å². The molecule has 1 fully saturated rings. The van der Waals surface area contributed by atoms with Crippen molar-refractivity contribution in [2.24, 2.45) is 0 Å². The van der Waals surface area contributed by atoms with Crippen molar-refractivity contribution in [3.63, 3.8) is 0 Å². The molecule has 19 heavy (non-hydrogen) atoms. The van der Waals surface area contributed by atoms with Gasteiger partial charge in [-0.05, 0) is 40.7 Å². The smallest absolute Gasteiger partial charge is 0.244 e. The Morgan fingerprint density at radius 3 is 2.42 bits per heavy atom. The highest BCUT2D eigenvalue weighted by Gasteiger charge is 2.28. The van der Waals surface area contributed by atoms with E-state index in [0.29, 0.717) is 23.1 Å². The lowest BCUT2D eigenvalue weighted by Crippen LogP contribution is -2.47. The van der Waals surface area contributed by atoms with Crippen LogP contribution in [0.25, 0.3) is 0 Å². The molecule has 1 N–H and O–H groups in total. The first kappa shape index (κ1) is 14.9. The van der Waals surface area contributed by atoms with Crippen LogP contribution in [0.2, 0.25) is 0 Å². The Kier molecular flexibility index (Phi) is 4.62. The van der Waals surface area contributed by atoms with Crippen LogP contribution in [0.4, 0.5) is 0 Å². The molecular formula is C12H17BrN2O3S. The molecule has 0 atom stereocenters. The fraction of sp³-hybridized carbons (Fsp3) is 0.500. The maximum absolute atomic E-state index is 12.5. The lowest BCUT2D eigenvalue weighted by molar-refractivity contribution is 0.222. The van der Waals surface area contributed by atoms with Crippen LogP contribution in [0.3, 0.4) is 0 Å². The van der Waals surface area contributed by atoms with E-state index in [2.05, 4.69) is 20.8 Å². The van der Waals surface area contributed by atoms with Gasteiger partial charge in [0.2, 0.25) is 10.0 Å². The summed E-state index contributed by atoms with van der Waals surface area (Å²) in [6.45, 7) is 2.39. The lowest BCUT2D eigenvalue weighted by Gasteiger charge is -2.31. The molecule has 1 aromatic carbocycles. The summed E-state index contributed by atoms with van der Waals surface area (Å²) in [5.41, 5.74) is 0.684. The van der Waals surface area contributed by atoms with Crippen molar-refractivity contribution in [3.05, 3.63) is 28.2 Å². The monoisotopic (exact) mass is 348 g/mol. The van der Waals surface area contributed by atoms with Crippen molar-refractivity contribution in [2.45, 2.75) is 11.5 Å². The molecule has 0 amide bonds. The average molecular weight is 349 g/mol. The second-order valence-electron chi connectivity index (χ2n) is 4.63. The number of sulfonamides is 1. The number of aliphatic hydroxyl groups excluding tert-OH is 1. The van der Waals surface area contributed by atoms with Crippen LogP contribution in [0.15, 0.2) is 27.6 Å². The molecule has 7 heteroatoms. The van der Waals surface area contributed by atoms with Gasteiger partial charge in [0.1, 0.15) is 0 Å². The fourth-order valence-corrected chi connectivity index (χ4v) is 4.53. The minimum Gasteiger partial charge on any atom is -0.392 e. The number of rotatable bonds is 3. The van der Waals surface area contributed by atoms with Crippen molar-refractivity contribution in [2.75, 3.05) is 33.2 Å². The minimum atomic E-state index is -3.46. The number of piperazine rings is 1. The van der Waals surface area contributed by atoms with Crippen LogP contribution in [-0.4, -0.2) is 56.0 Å². The second kappa shape index (κ2) is 5.88. The Morgan fingerprint density at radius 2 is 1.89 bits per heavy atom. The number of halogens is 1. The minimum absolute atomic E-state index is 0.104. The summed E-state index contributed by atoms with van der Waals surface area (Å²) in [6, 6.07) is 4.82. The maximum Gasteiger partial charge on any atom is 0.244 e. The van der Waals surface area contributed by atoms with E-state index >= 15 is 0 Å². The van der Waals surface area contributed by atoms with E-state index in [0.717, 1.165) is 13.1 Å². The number of benzene rings is 1. The standard InChI is InChI=1S/C12H17BrN2O3S/c1-14-4-6-15(7-5-14)19(17,18)12-3-2-10(9-16)8-11(12)13/h2-3,8,16H,4-7,9H2,1H3. The highest BCUT2D eigenvalue weighted by Crippen LogP contribution is 2.26. The number of nitrogens with zero attached hydrogens (tertiary/aromatic N) is 2. The Balaban J connectivity index is 2.29. The van der Waals surface area contributed by atoms with Gasteiger partial charge in [-0.25, -0.2) is 8.42 Å². The molecule has 0 bridgehead atoms. The molecule has 1 heterocycles. The van der Waals surface area contributed by atoms with Gasteiger partial charge in [-0.1, -0.05) is 6.07 Å². The zero-order chi connectivity index (χ0) is 14.0. The highest BCUT2D eigenvalue weighted by atomic mass is 79.9. The van der Waals surface area contributed by atoms with Crippen LogP contribution in [-0.2, 0) is 16.6 Å². The molecule has 0 spiro atoms. The summed E-state index contributed by atoms with van der Waals surface area (Å²) in [7, 11) is -1.48. The third-order valence-electron chi connectivity index (χ3n) is 3.26. The molecule has 0 radical (unpaired) electrons. The summed E-state index contributed by atoms with van der Waals surface area (Å²) in [4.78, 5) is 2.37. The first-order valence-corrected chi connectivity index (χ1v) is 8.26. The van der Waals surface area contributed by atoms with Crippen LogP contribution in [0.5, 0.6) is 0 Å². The molecule has 1 saturated heterocycles. The van der Waals surface area contributed by atoms with Crippen molar-refractivity contribution in [3.8, 4) is 0 Å². The van der Waals surface area contributed by atoms with Gasteiger partial charge in [-0.3, -0.25) is 0 Å². The molecule has 5 nitrogen and oxygen atoms in total. The SMILES string of the molecule is CN1CCN(S(=O)(=O)c2ccc(CO)cc2Br)CC1. The van der Waals surface area contributed by atoms with Gasteiger partial charge in [0.05, 0.1) is 11.5 Å². The topological polar surface area (TPSA) is 60.9 Å². The molecule has 106 valence electrons. The van der Waals surface area contributed by atoms with E-state index in [1.807, 2.05) is 7.05 Å². The number of hydrogen-bond acceptors (Lipinski definition) is 4. The third-order valence-corrected chi connectivity index (χ3v) is 6.13. The number of hydrogen-bond donors (Lipinski definition) is 1. The number of aliphatic hydroxyl groups is 1. The van der Waals surface area contributed by atoms with Crippen LogP contribution in [0, 0.1) is 0 Å². The van der Waals surface area contributed by atoms with Gasteiger partial charge < -0.3 is 10.0 Å². The molecule has 2 rings (SSSR count). The molecule has 0 aliphatic carbocycles. The number of likely N-dealkylation sites (N-methyl/N-ethyl adjacent to an activating group) is 1. The molecule has 0 aromatic heterocycles. The zero-order valence-corrected chi connectivity index (χ0v) is 13.1. The quantitative estimate of drug-likeness (QED) is 0.880. The first-order valence-electron chi connectivity index (χ1n) is 6.03. The molecule has 0 unspecified atom stereocenters. The average Bonchev–Trinajstić information content (AvgIpc) is 2.38. The summed E-state index contributed by atoms with van der Waals surface area (Å²) >= 11 is 3.27. The molecule has 1 aliphatic heterocycles. The largest absolute Gasteiger partial charge is 0.392 e. The Hall–Kier alpha value is -0.470. The Bertz CT molecular complexity index is 554. The van der Waals surface area contributed by atoms with E-state index in [1.54, 1.807) is 18.2 Å². The highest BCUT2D eigenvalue weighted by molar-refractivity contribution is 9.10. The van der Waals surface area contributed by atoms with E-state index in [4.69, 9.17) is 5.11 Å². The summed E-state index contributed by atoms with van der Waals surface area (Å²) < 4.78 is 27.1. The summed E-state index contributed by atoms with van der Waals surface area (Å²) in [5, 5.41) is 9.05. The van der Waals surface area contributed by atoms with Gasteiger partial charge in [0.15, 0.2) is 0 Å². The van der Waals surface area contributed by atoms with Gasteiger partial charge in [-0.15, -0.1) is 0 Å². The molecular weight excluding hydrogens is 332 g/mol. The zero-order valence-electron chi connectivity index (χ0n) is 10.7. The third kappa shape index (κ3) is 3.17. The van der Waals surface area contributed by atoms with E-state index in [-0.39, 0.29) is 11.5 Å². The normalized spacial score (nSPS) is 18.7. The molecule has 1 aliphatic rings. The molecule has 1 aromatic rings. The van der Waals surface area contributed by atoms with Gasteiger partial charge in [0.25, 0.3) is 0 Å². The van der Waals surface area contributed by atoms with Crippen LogP contribution >= 0.6 is 15.9 Å². The van der Waals surface area contributed by atoms with Crippen molar-refractivity contribution in [1.82, 2.24) is 9.21 Å². The predicted octanol–water partition coefficient (Wildman–Crippen LogP) is 0.877. The van der Waals surface area contributed by atoms with Crippen LogP contribution in [0.1, 0.15) is 5.56 Å². The predicted molar refractivity (Wildman–Crippen MR) is 76.3 cm³/mol. The van der Waals surface area contributed by atoms with Crippen LogP contribution < -0.4 is 0 Å². The molecule has 0 saturated carbocycles. The van der Waals surface area contributed by atoms with E-state index in [9.17, 15) is 8.42 Å². The van der Waals surface area contributed by atoms with E-state index < -0.39 is 10.0 Å². The lowest BCUT2D eigenvalue weighted by atomic mass is 10.2.